The minimum absolute atomic E-state index is 0.108. The monoisotopic (exact) mass is 266 g/mol. The number of aliphatic hydroxyl groups excluding tert-OH is 1. The fraction of sp³-hybridized carbons (Fsp3) is 0.500. The van der Waals surface area contributed by atoms with E-state index in [4.69, 9.17) is 10.5 Å². The van der Waals surface area contributed by atoms with Crippen LogP contribution in [0.15, 0.2) is 24.3 Å². The predicted octanol–water partition coefficient (Wildman–Crippen LogP) is 0.800. The molecule has 106 valence electrons. The summed E-state index contributed by atoms with van der Waals surface area (Å²) in [4.78, 5) is 10.6. The highest BCUT2D eigenvalue weighted by Gasteiger charge is 2.05. The summed E-state index contributed by atoms with van der Waals surface area (Å²) < 4.78 is 5.17. The van der Waals surface area contributed by atoms with Crippen molar-refractivity contribution in [2.45, 2.75) is 39.0 Å². The second kappa shape index (κ2) is 7.76. The second-order valence-electron chi connectivity index (χ2n) is 4.77. The van der Waals surface area contributed by atoms with Crippen LogP contribution in [0.2, 0.25) is 0 Å². The Labute approximate surface area is 113 Å². The van der Waals surface area contributed by atoms with E-state index in [2.05, 4.69) is 5.32 Å². The van der Waals surface area contributed by atoms with Crippen molar-refractivity contribution in [3.63, 3.8) is 0 Å². The van der Waals surface area contributed by atoms with Crippen LogP contribution >= 0.6 is 0 Å². The third kappa shape index (κ3) is 6.79. The number of nitrogens with two attached hydrogens (primary N) is 1. The normalized spacial score (nSPS) is 13.8. The molecule has 4 N–H and O–H groups in total. The molecule has 0 radical (unpaired) electrons. The first-order valence-electron chi connectivity index (χ1n) is 6.39. The van der Waals surface area contributed by atoms with Gasteiger partial charge in [-0.05, 0) is 38.0 Å². The maximum Gasteiger partial charge on any atom is 0.255 e. The Hall–Kier alpha value is -1.59. The average molecular weight is 266 g/mol. The number of benzene rings is 1. The van der Waals surface area contributed by atoms with Crippen LogP contribution in [-0.4, -0.2) is 29.8 Å². The number of carbonyl (C=O) groups is 1. The van der Waals surface area contributed by atoms with Gasteiger partial charge in [0.25, 0.3) is 5.91 Å². The number of aliphatic hydroxyl groups is 1. The minimum Gasteiger partial charge on any atom is -0.484 e. The molecule has 0 saturated carbocycles. The van der Waals surface area contributed by atoms with Gasteiger partial charge in [-0.2, -0.15) is 0 Å². The molecule has 1 aromatic rings. The van der Waals surface area contributed by atoms with Crippen LogP contribution in [0.3, 0.4) is 0 Å². The Balaban J connectivity index is 2.37. The first kappa shape index (κ1) is 15.5. The van der Waals surface area contributed by atoms with Crippen LogP contribution in [0.5, 0.6) is 5.75 Å². The molecule has 2 unspecified atom stereocenters. The molecule has 5 nitrogen and oxygen atoms in total. The minimum atomic E-state index is -0.488. The standard InChI is InChI=1S/C14H22N2O3/c1-10(7-11(2)17)16-8-12-3-5-13(6-4-12)19-9-14(15)18/h3-6,10-11,16-17H,7-9H2,1-2H3,(H2,15,18). The van der Waals surface area contributed by atoms with E-state index in [9.17, 15) is 9.90 Å². The summed E-state index contributed by atoms with van der Waals surface area (Å²) in [5, 5.41) is 12.6. The van der Waals surface area contributed by atoms with Crippen LogP contribution in [0.25, 0.3) is 0 Å². The molecule has 0 heterocycles. The van der Waals surface area contributed by atoms with Crippen LogP contribution in [0.1, 0.15) is 25.8 Å². The molecule has 1 rings (SSSR count). The molecule has 0 aliphatic rings. The van der Waals surface area contributed by atoms with E-state index in [0.717, 1.165) is 18.5 Å². The summed E-state index contributed by atoms with van der Waals surface area (Å²) in [5.41, 5.74) is 6.11. The summed E-state index contributed by atoms with van der Waals surface area (Å²) >= 11 is 0. The number of carbonyl (C=O) groups excluding carboxylic acids is 1. The van der Waals surface area contributed by atoms with Crippen molar-refractivity contribution < 1.29 is 14.6 Å². The zero-order valence-corrected chi connectivity index (χ0v) is 11.4. The number of primary amides is 1. The zero-order valence-electron chi connectivity index (χ0n) is 11.4. The number of ether oxygens (including phenoxy) is 1. The Kier molecular flexibility index (Phi) is 6.32. The van der Waals surface area contributed by atoms with Crippen molar-refractivity contribution in [1.82, 2.24) is 5.32 Å². The number of nitrogens with one attached hydrogen (secondary N) is 1. The van der Waals surface area contributed by atoms with Gasteiger partial charge in [-0.25, -0.2) is 0 Å². The molecular weight excluding hydrogens is 244 g/mol. The maximum atomic E-state index is 10.6. The summed E-state index contributed by atoms with van der Waals surface area (Å²) in [6.45, 7) is 4.44. The van der Waals surface area contributed by atoms with Gasteiger partial charge in [0.05, 0.1) is 6.10 Å². The summed E-state index contributed by atoms with van der Waals surface area (Å²) in [5.74, 6) is 0.136. The lowest BCUT2D eigenvalue weighted by molar-refractivity contribution is -0.119. The third-order valence-corrected chi connectivity index (χ3v) is 2.65. The first-order chi connectivity index (χ1) is 8.97. The molecule has 1 amide bonds. The molecule has 0 aliphatic heterocycles. The molecule has 0 saturated heterocycles. The molecule has 5 heteroatoms. The Bertz CT molecular complexity index is 390. The van der Waals surface area contributed by atoms with E-state index in [1.54, 1.807) is 19.1 Å². The second-order valence-corrected chi connectivity index (χ2v) is 4.77. The highest BCUT2D eigenvalue weighted by molar-refractivity contribution is 5.75. The fourth-order valence-corrected chi connectivity index (χ4v) is 1.75. The van der Waals surface area contributed by atoms with Crippen LogP contribution in [-0.2, 0) is 11.3 Å². The highest BCUT2D eigenvalue weighted by Crippen LogP contribution is 2.12. The third-order valence-electron chi connectivity index (χ3n) is 2.65. The molecular formula is C14H22N2O3. The molecule has 0 aromatic heterocycles. The topological polar surface area (TPSA) is 84.6 Å². The van der Waals surface area contributed by atoms with Crippen molar-refractivity contribution in [3.05, 3.63) is 29.8 Å². The van der Waals surface area contributed by atoms with Gasteiger partial charge in [0.2, 0.25) is 0 Å². The van der Waals surface area contributed by atoms with E-state index in [-0.39, 0.29) is 18.8 Å². The molecule has 0 aliphatic carbocycles. The van der Waals surface area contributed by atoms with E-state index in [0.29, 0.717) is 5.75 Å². The lowest BCUT2D eigenvalue weighted by Gasteiger charge is -2.15. The van der Waals surface area contributed by atoms with Gasteiger partial charge < -0.3 is 20.9 Å². The molecule has 0 bridgehead atoms. The molecule has 0 spiro atoms. The summed E-state index contributed by atoms with van der Waals surface area (Å²) in [6.07, 6.45) is 0.423. The van der Waals surface area contributed by atoms with Gasteiger partial charge in [0.15, 0.2) is 6.61 Å². The molecule has 2 atom stereocenters. The Morgan fingerprint density at radius 2 is 2.00 bits per heavy atom. The average Bonchev–Trinajstić information content (AvgIpc) is 2.34. The number of hydrogen-bond donors (Lipinski definition) is 3. The summed E-state index contributed by atoms with van der Waals surface area (Å²) in [6, 6.07) is 7.72. The summed E-state index contributed by atoms with van der Waals surface area (Å²) in [7, 11) is 0. The molecule has 19 heavy (non-hydrogen) atoms. The number of hydrogen-bond acceptors (Lipinski definition) is 4. The van der Waals surface area contributed by atoms with Crippen molar-refractivity contribution in [2.75, 3.05) is 6.61 Å². The zero-order chi connectivity index (χ0) is 14.3. The lowest BCUT2D eigenvalue weighted by Crippen LogP contribution is -2.28. The van der Waals surface area contributed by atoms with Crippen LogP contribution < -0.4 is 15.8 Å². The van der Waals surface area contributed by atoms with Gasteiger partial charge >= 0.3 is 0 Å². The van der Waals surface area contributed by atoms with E-state index in [1.807, 2.05) is 19.1 Å². The van der Waals surface area contributed by atoms with Gasteiger partial charge in [0.1, 0.15) is 5.75 Å². The van der Waals surface area contributed by atoms with Crippen molar-refractivity contribution in [1.29, 1.82) is 0 Å². The smallest absolute Gasteiger partial charge is 0.255 e. The maximum absolute atomic E-state index is 10.6. The van der Waals surface area contributed by atoms with Gasteiger partial charge in [-0.3, -0.25) is 4.79 Å². The van der Waals surface area contributed by atoms with Crippen LogP contribution in [0.4, 0.5) is 0 Å². The predicted molar refractivity (Wildman–Crippen MR) is 73.7 cm³/mol. The van der Waals surface area contributed by atoms with Crippen molar-refractivity contribution >= 4 is 5.91 Å². The fourth-order valence-electron chi connectivity index (χ4n) is 1.75. The van der Waals surface area contributed by atoms with E-state index < -0.39 is 5.91 Å². The first-order valence-corrected chi connectivity index (χ1v) is 6.39. The lowest BCUT2D eigenvalue weighted by atomic mass is 10.1. The van der Waals surface area contributed by atoms with Gasteiger partial charge in [0, 0.05) is 12.6 Å². The quantitative estimate of drug-likeness (QED) is 0.650. The van der Waals surface area contributed by atoms with Crippen molar-refractivity contribution in [3.8, 4) is 5.75 Å². The van der Waals surface area contributed by atoms with E-state index in [1.165, 1.54) is 0 Å². The highest BCUT2D eigenvalue weighted by atomic mass is 16.5. The number of amides is 1. The Morgan fingerprint density at radius 3 is 2.53 bits per heavy atom. The van der Waals surface area contributed by atoms with Gasteiger partial charge in [-0.15, -0.1) is 0 Å². The molecule has 1 aromatic carbocycles. The van der Waals surface area contributed by atoms with Crippen molar-refractivity contribution in [2.24, 2.45) is 5.73 Å². The Morgan fingerprint density at radius 1 is 1.37 bits per heavy atom. The number of rotatable bonds is 8. The van der Waals surface area contributed by atoms with Crippen LogP contribution in [0, 0.1) is 0 Å². The van der Waals surface area contributed by atoms with E-state index >= 15 is 0 Å². The molecule has 0 fully saturated rings. The van der Waals surface area contributed by atoms with Gasteiger partial charge in [-0.1, -0.05) is 12.1 Å². The SMILES string of the molecule is CC(O)CC(C)NCc1ccc(OCC(N)=O)cc1. The largest absolute Gasteiger partial charge is 0.484 e.